The van der Waals surface area contributed by atoms with Gasteiger partial charge in [-0.25, -0.2) is 0 Å². The van der Waals surface area contributed by atoms with E-state index in [2.05, 4.69) is 10.2 Å². The Morgan fingerprint density at radius 3 is 2.40 bits per heavy atom. The Hall–Kier alpha value is -1.89. The van der Waals surface area contributed by atoms with Crippen molar-refractivity contribution < 1.29 is 17.6 Å². The van der Waals surface area contributed by atoms with Crippen LogP contribution in [-0.2, 0) is 13.0 Å². The fraction of sp³-hybridized carbons (Fsp3) is 0.385. The first kappa shape index (κ1) is 14.5. The van der Waals surface area contributed by atoms with Crippen LogP contribution < -0.4 is 0 Å². The molecule has 1 aromatic carbocycles. The van der Waals surface area contributed by atoms with E-state index in [0.29, 0.717) is 12.3 Å². The third kappa shape index (κ3) is 4.65. The van der Waals surface area contributed by atoms with Crippen molar-refractivity contribution in [1.82, 2.24) is 15.1 Å². The summed E-state index contributed by atoms with van der Waals surface area (Å²) in [7, 11) is 1.36. The van der Waals surface area contributed by atoms with Gasteiger partial charge < -0.3 is 4.42 Å². The van der Waals surface area contributed by atoms with Gasteiger partial charge in [0.05, 0.1) is 19.5 Å². The maximum atomic E-state index is 12.2. The van der Waals surface area contributed by atoms with E-state index in [-0.39, 0.29) is 12.4 Å². The molecule has 0 N–H and O–H groups in total. The Kier molecular flexibility index (Phi) is 4.39. The Bertz CT molecular complexity index is 539. The molecular weight excluding hydrogens is 271 g/mol. The summed E-state index contributed by atoms with van der Waals surface area (Å²) in [6, 6.07) is 9.52. The highest BCUT2D eigenvalue weighted by atomic mass is 19.4. The minimum atomic E-state index is -4.23. The highest BCUT2D eigenvalue weighted by Gasteiger charge is 2.29. The number of halogens is 3. The Morgan fingerprint density at radius 2 is 1.75 bits per heavy atom. The van der Waals surface area contributed by atoms with Crippen LogP contribution in [0.3, 0.4) is 0 Å². The van der Waals surface area contributed by atoms with Crippen molar-refractivity contribution in [1.29, 1.82) is 0 Å². The molecular formula is C13H14F3N3O. The number of hydrogen-bond acceptors (Lipinski definition) is 4. The zero-order chi connectivity index (χ0) is 14.6. The third-order valence-electron chi connectivity index (χ3n) is 2.56. The van der Waals surface area contributed by atoms with Crippen LogP contribution >= 0.6 is 0 Å². The molecule has 0 bridgehead atoms. The first-order chi connectivity index (χ1) is 9.42. The maximum absolute atomic E-state index is 12.2. The van der Waals surface area contributed by atoms with E-state index in [0.717, 1.165) is 10.5 Å². The summed E-state index contributed by atoms with van der Waals surface area (Å²) < 4.78 is 41.9. The number of hydrogen-bond donors (Lipinski definition) is 0. The molecule has 108 valence electrons. The lowest BCUT2D eigenvalue weighted by atomic mass is 10.2. The smallest absolute Gasteiger partial charge is 0.401 e. The standard InChI is InChI=1S/C13H14F3N3O/c1-19(9-13(14,15)16)8-12-18-17-11(20-12)7-10-5-3-2-4-6-10/h2-6H,7-9H2,1H3. The van der Waals surface area contributed by atoms with Gasteiger partial charge in [-0.05, 0) is 12.6 Å². The average molecular weight is 285 g/mol. The molecule has 7 heteroatoms. The Labute approximate surface area is 114 Å². The summed E-state index contributed by atoms with van der Waals surface area (Å²) in [6.45, 7) is -1.04. The number of benzene rings is 1. The summed E-state index contributed by atoms with van der Waals surface area (Å²) in [6.07, 6.45) is -3.77. The molecule has 0 aliphatic rings. The Balaban J connectivity index is 1.92. The van der Waals surface area contributed by atoms with Crippen LogP contribution in [0.25, 0.3) is 0 Å². The summed E-state index contributed by atoms with van der Waals surface area (Å²) >= 11 is 0. The van der Waals surface area contributed by atoms with Crippen LogP contribution in [0.4, 0.5) is 13.2 Å². The summed E-state index contributed by atoms with van der Waals surface area (Å²) in [5.41, 5.74) is 1.01. The van der Waals surface area contributed by atoms with E-state index in [1.165, 1.54) is 7.05 Å². The second-order valence-electron chi connectivity index (χ2n) is 4.54. The predicted octanol–water partition coefficient (Wildman–Crippen LogP) is 2.65. The number of nitrogens with zero attached hydrogens (tertiary/aromatic N) is 3. The first-order valence-corrected chi connectivity index (χ1v) is 6.03. The minimum absolute atomic E-state index is 0.0265. The molecule has 4 nitrogen and oxygen atoms in total. The van der Waals surface area contributed by atoms with Crippen LogP contribution in [0.5, 0.6) is 0 Å². The van der Waals surface area contributed by atoms with Gasteiger partial charge in [-0.2, -0.15) is 13.2 Å². The van der Waals surface area contributed by atoms with Crippen LogP contribution in [0, 0.1) is 0 Å². The van der Waals surface area contributed by atoms with Crippen LogP contribution in [-0.4, -0.2) is 34.9 Å². The third-order valence-corrected chi connectivity index (χ3v) is 2.56. The van der Waals surface area contributed by atoms with Crippen molar-refractivity contribution in [2.24, 2.45) is 0 Å². The van der Waals surface area contributed by atoms with Gasteiger partial charge in [0.1, 0.15) is 0 Å². The van der Waals surface area contributed by atoms with Crippen LogP contribution in [0.1, 0.15) is 17.3 Å². The predicted molar refractivity (Wildman–Crippen MR) is 65.9 cm³/mol. The number of alkyl halides is 3. The molecule has 0 spiro atoms. The zero-order valence-electron chi connectivity index (χ0n) is 10.9. The highest BCUT2D eigenvalue weighted by Crippen LogP contribution is 2.17. The van der Waals surface area contributed by atoms with Crippen molar-refractivity contribution >= 4 is 0 Å². The van der Waals surface area contributed by atoms with Crippen molar-refractivity contribution in [2.45, 2.75) is 19.1 Å². The van der Waals surface area contributed by atoms with Crippen LogP contribution in [0.15, 0.2) is 34.7 Å². The molecule has 0 unspecified atom stereocenters. The largest absolute Gasteiger partial charge is 0.424 e. The molecule has 0 atom stereocenters. The molecule has 2 aromatic rings. The molecule has 0 saturated carbocycles. The van der Waals surface area contributed by atoms with Crippen molar-refractivity contribution in [3.63, 3.8) is 0 Å². The molecule has 0 radical (unpaired) electrons. The number of rotatable bonds is 5. The number of aromatic nitrogens is 2. The average Bonchev–Trinajstić information content (AvgIpc) is 2.75. The molecule has 0 fully saturated rings. The maximum Gasteiger partial charge on any atom is 0.401 e. The van der Waals surface area contributed by atoms with Gasteiger partial charge in [-0.3, -0.25) is 4.90 Å². The van der Waals surface area contributed by atoms with Gasteiger partial charge in [0.15, 0.2) is 0 Å². The van der Waals surface area contributed by atoms with E-state index in [9.17, 15) is 13.2 Å². The molecule has 0 saturated heterocycles. The fourth-order valence-corrected chi connectivity index (χ4v) is 1.79. The molecule has 0 amide bonds. The van der Waals surface area contributed by atoms with Gasteiger partial charge in [-0.15, -0.1) is 10.2 Å². The molecule has 1 aromatic heterocycles. The summed E-state index contributed by atoms with van der Waals surface area (Å²) in [4.78, 5) is 1.08. The van der Waals surface area contributed by atoms with E-state index in [4.69, 9.17) is 4.42 Å². The van der Waals surface area contributed by atoms with E-state index < -0.39 is 12.7 Å². The second-order valence-corrected chi connectivity index (χ2v) is 4.54. The lowest BCUT2D eigenvalue weighted by Crippen LogP contribution is -2.30. The van der Waals surface area contributed by atoms with E-state index in [1.807, 2.05) is 30.3 Å². The Morgan fingerprint density at radius 1 is 1.10 bits per heavy atom. The quantitative estimate of drug-likeness (QED) is 0.847. The topological polar surface area (TPSA) is 42.2 Å². The SMILES string of the molecule is CN(Cc1nnc(Cc2ccccc2)o1)CC(F)(F)F. The van der Waals surface area contributed by atoms with Gasteiger partial charge >= 0.3 is 6.18 Å². The monoisotopic (exact) mass is 285 g/mol. The highest BCUT2D eigenvalue weighted by molar-refractivity contribution is 5.17. The van der Waals surface area contributed by atoms with Gasteiger partial charge in [0.25, 0.3) is 0 Å². The van der Waals surface area contributed by atoms with E-state index >= 15 is 0 Å². The van der Waals surface area contributed by atoms with E-state index in [1.54, 1.807) is 0 Å². The van der Waals surface area contributed by atoms with Crippen molar-refractivity contribution in [3.05, 3.63) is 47.7 Å². The van der Waals surface area contributed by atoms with Crippen molar-refractivity contribution in [3.8, 4) is 0 Å². The summed E-state index contributed by atoms with van der Waals surface area (Å²) in [5.74, 6) is 0.578. The molecule has 1 heterocycles. The minimum Gasteiger partial charge on any atom is -0.424 e. The lowest BCUT2D eigenvalue weighted by molar-refractivity contribution is -0.144. The van der Waals surface area contributed by atoms with Crippen LogP contribution in [0.2, 0.25) is 0 Å². The summed E-state index contributed by atoms with van der Waals surface area (Å²) in [5, 5.41) is 7.59. The van der Waals surface area contributed by atoms with Crippen molar-refractivity contribution in [2.75, 3.05) is 13.6 Å². The molecule has 0 aliphatic carbocycles. The first-order valence-electron chi connectivity index (χ1n) is 6.03. The van der Waals surface area contributed by atoms with Gasteiger partial charge in [0.2, 0.25) is 11.8 Å². The molecule has 0 aliphatic heterocycles. The zero-order valence-corrected chi connectivity index (χ0v) is 10.9. The van der Waals surface area contributed by atoms with Gasteiger partial charge in [-0.1, -0.05) is 30.3 Å². The molecule has 20 heavy (non-hydrogen) atoms. The normalized spacial score (nSPS) is 12.1. The fourth-order valence-electron chi connectivity index (χ4n) is 1.79. The molecule has 2 rings (SSSR count). The van der Waals surface area contributed by atoms with Gasteiger partial charge in [0, 0.05) is 0 Å². The second kappa shape index (κ2) is 6.04. The lowest BCUT2D eigenvalue weighted by Gasteiger charge is -2.15.